The molecule has 4 rings (SSSR count). The fraction of sp³-hybridized carbons (Fsp3) is 0.286. The van der Waals surface area contributed by atoms with E-state index >= 15 is 0 Å². The molecule has 0 saturated carbocycles. The van der Waals surface area contributed by atoms with Crippen LogP contribution in [0.15, 0.2) is 45.6 Å². The quantitative estimate of drug-likeness (QED) is 0.300. The van der Waals surface area contributed by atoms with Crippen molar-refractivity contribution in [3.63, 3.8) is 0 Å². The molecular weight excluding hydrogens is 412 g/mol. The van der Waals surface area contributed by atoms with Crippen molar-refractivity contribution in [3.8, 4) is 28.6 Å². The second-order valence-corrected chi connectivity index (χ2v) is 7.30. The van der Waals surface area contributed by atoms with Gasteiger partial charge in [0.2, 0.25) is 0 Å². The second kappa shape index (κ2) is 7.84. The van der Waals surface area contributed by atoms with Gasteiger partial charge in [-0.3, -0.25) is 4.79 Å². The molecule has 2 heterocycles. The Morgan fingerprint density at radius 2 is 1.55 bits per heavy atom. The first-order chi connectivity index (χ1) is 14.7. The Morgan fingerprint density at radius 1 is 0.871 bits per heavy atom. The maximum atomic E-state index is 12.7. The van der Waals surface area contributed by atoms with E-state index in [4.69, 9.17) is 9.15 Å². The Kier molecular flexibility index (Phi) is 5.33. The summed E-state index contributed by atoms with van der Waals surface area (Å²) in [5, 5.41) is 70.0. The molecule has 1 aromatic heterocycles. The van der Waals surface area contributed by atoms with Gasteiger partial charge in [0.15, 0.2) is 11.0 Å². The number of hydrogen-bond acceptors (Lipinski definition) is 10. The van der Waals surface area contributed by atoms with Gasteiger partial charge < -0.3 is 44.9 Å². The Balaban J connectivity index is 1.96. The lowest BCUT2D eigenvalue weighted by atomic mass is 9.89. The zero-order valence-electron chi connectivity index (χ0n) is 15.9. The van der Waals surface area contributed by atoms with Crippen LogP contribution < -0.4 is 5.43 Å². The number of benzene rings is 2. The highest BCUT2D eigenvalue weighted by molar-refractivity contribution is 5.89. The summed E-state index contributed by atoms with van der Waals surface area (Å²) in [6, 6.07) is 7.69. The molecule has 31 heavy (non-hydrogen) atoms. The van der Waals surface area contributed by atoms with E-state index in [1.807, 2.05) is 0 Å². The second-order valence-electron chi connectivity index (χ2n) is 7.30. The molecular formula is C21H20O10. The maximum Gasteiger partial charge on any atom is 0.197 e. The van der Waals surface area contributed by atoms with E-state index < -0.39 is 54.1 Å². The van der Waals surface area contributed by atoms with Gasteiger partial charge in [0.1, 0.15) is 58.9 Å². The molecule has 10 heteroatoms. The SMILES string of the molecule is O=c1cc(-c2ccc(O)cc2)oc2c([C@@H]3O[C@H](CO)[C@H](O)[C@H](O)[C@H]3O)c(O)cc(O)c12. The number of aliphatic hydroxyl groups excluding tert-OH is 4. The van der Waals surface area contributed by atoms with Crippen molar-refractivity contribution in [3.05, 3.63) is 52.2 Å². The molecule has 0 bridgehead atoms. The van der Waals surface area contributed by atoms with Crippen LogP contribution in [0.1, 0.15) is 11.7 Å². The minimum absolute atomic E-state index is 0.0100. The van der Waals surface area contributed by atoms with Crippen LogP contribution in [0, 0.1) is 0 Å². The molecule has 1 saturated heterocycles. The number of ether oxygens (including phenoxy) is 1. The van der Waals surface area contributed by atoms with Crippen LogP contribution in [0.4, 0.5) is 0 Å². The molecule has 0 spiro atoms. The van der Waals surface area contributed by atoms with Crippen LogP contribution in [-0.4, -0.2) is 66.8 Å². The van der Waals surface area contributed by atoms with Crippen LogP contribution in [0.3, 0.4) is 0 Å². The van der Waals surface area contributed by atoms with Gasteiger partial charge >= 0.3 is 0 Å². The minimum atomic E-state index is -1.75. The molecule has 0 radical (unpaired) electrons. The molecule has 1 aliphatic heterocycles. The summed E-state index contributed by atoms with van der Waals surface area (Å²) in [6.07, 6.45) is -7.87. The lowest BCUT2D eigenvalue weighted by Crippen LogP contribution is -2.55. The van der Waals surface area contributed by atoms with Crippen molar-refractivity contribution in [2.24, 2.45) is 0 Å². The van der Waals surface area contributed by atoms with Gasteiger partial charge in [0.25, 0.3) is 0 Å². The Hall–Kier alpha value is -3.15. The molecule has 0 amide bonds. The number of aromatic hydroxyl groups is 3. The van der Waals surface area contributed by atoms with E-state index in [0.29, 0.717) is 5.56 Å². The van der Waals surface area contributed by atoms with Gasteiger partial charge in [0, 0.05) is 17.7 Å². The topological polar surface area (TPSA) is 181 Å². The summed E-state index contributed by atoms with van der Waals surface area (Å²) in [5.41, 5.74) is -0.813. The summed E-state index contributed by atoms with van der Waals surface area (Å²) in [5.74, 6) is -1.15. The minimum Gasteiger partial charge on any atom is -0.508 e. The third-order valence-electron chi connectivity index (χ3n) is 5.33. The molecule has 7 N–H and O–H groups in total. The van der Waals surface area contributed by atoms with Crippen LogP contribution in [0.2, 0.25) is 0 Å². The van der Waals surface area contributed by atoms with Gasteiger partial charge in [0.05, 0.1) is 12.2 Å². The number of aliphatic hydroxyl groups is 4. The first kappa shape index (κ1) is 21.1. The fourth-order valence-corrected chi connectivity index (χ4v) is 3.70. The smallest absolute Gasteiger partial charge is 0.197 e. The van der Waals surface area contributed by atoms with Gasteiger partial charge in [-0.25, -0.2) is 0 Å². The number of hydrogen-bond donors (Lipinski definition) is 7. The van der Waals surface area contributed by atoms with Crippen LogP contribution in [0.5, 0.6) is 17.2 Å². The van der Waals surface area contributed by atoms with Gasteiger partial charge in [-0.05, 0) is 24.3 Å². The van der Waals surface area contributed by atoms with E-state index in [1.54, 1.807) is 0 Å². The zero-order valence-corrected chi connectivity index (χ0v) is 15.9. The molecule has 0 unspecified atom stereocenters. The predicted molar refractivity (Wildman–Crippen MR) is 106 cm³/mol. The average molecular weight is 432 g/mol. The molecule has 164 valence electrons. The highest BCUT2D eigenvalue weighted by Crippen LogP contribution is 2.43. The van der Waals surface area contributed by atoms with E-state index in [1.165, 1.54) is 24.3 Å². The third kappa shape index (κ3) is 3.50. The summed E-state index contributed by atoms with van der Waals surface area (Å²) in [7, 11) is 0. The van der Waals surface area contributed by atoms with Gasteiger partial charge in [-0.1, -0.05) is 0 Å². The summed E-state index contributed by atoms with van der Waals surface area (Å²) in [4.78, 5) is 12.7. The number of rotatable bonds is 3. The maximum absolute atomic E-state index is 12.7. The zero-order chi connectivity index (χ0) is 22.4. The molecule has 2 aromatic carbocycles. The average Bonchev–Trinajstić information content (AvgIpc) is 2.73. The summed E-state index contributed by atoms with van der Waals surface area (Å²) >= 11 is 0. The van der Waals surface area contributed by atoms with Gasteiger partial charge in [-0.15, -0.1) is 0 Å². The molecule has 3 aromatic rings. The first-order valence-corrected chi connectivity index (χ1v) is 9.35. The van der Waals surface area contributed by atoms with E-state index in [2.05, 4.69) is 0 Å². The van der Waals surface area contributed by atoms with Crippen molar-refractivity contribution < 1.29 is 44.9 Å². The Labute approximate surface area is 174 Å². The molecule has 1 fully saturated rings. The number of phenolic OH excluding ortho intramolecular Hbond substituents is 3. The normalized spacial score (nSPS) is 26.3. The van der Waals surface area contributed by atoms with E-state index in [0.717, 1.165) is 12.1 Å². The van der Waals surface area contributed by atoms with Gasteiger partial charge in [-0.2, -0.15) is 0 Å². The Morgan fingerprint density at radius 3 is 2.19 bits per heavy atom. The first-order valence-electron chi connectivity index (χ1n) is 9.35. The standard InChI is InChI=1S/C21H20O10/c22-7-14-17(27)18(28)19(29)21(31-14)16-11(25)5-10(24)15-12(26)6-13(30-20(15)16)8-1-3-9(23)4-2-8/h1-6,14,17-19,21-25,27-29H,7H2/t14-,17+,18+,19-,21+/m1/s1. The highest BCUT2D eigenvalue weighted by atomic mass is 16.5. The molecule has 5 atom stereocenters. The van der Waals surface area contributed by atoms with Crippen molar-refractivity contribution in [2.75, 3.05) is 6.61 Å². The van der Waals surface area contributed by atoms with E-state index in [9.17, 15) is 40.5 Å². The van der Waals surface area contributed by atoms with E-state index in [-0.39, 0.29) is 28.0 Å². The predicted octanol–water partition coefficient (Wildman–Crippen LogP) is 0.0917. The van der Waals surface area contributed by atoms with Crippen LogP contribution in [-0.2, 0) is 4.74 Å². The lowest BCUT2D eigenvalue weighted by Gasteiger charge is -2.40. The monoisotopic (exact) mass is 432 g/mol. The third-order valence-corrected chi connectivity index (χ3v) is 5.33. The summed E-state index contributed by atoms with van der Waals surface area (Å²) in [6.45, 7) is -0.694. The number of fused-ring (bicyclic) bond motifs is 1. The lowest BCUT2D eigenvalue weighted by molar-refractivity contribution is -0.231. The van der Waals surface area contributed by atoms with Crippen LogP contribution in [0.25, 0.3) is 22.3 Å². The van der Waals surface area contributed by atoms with Crippen LogP contribution >= 0.6 is 0 Å². The number of phenols is 3. The molecule has 0 aliphatic carbocycles. The highest BCUT2D eigenvalue weighted by Gasteiger charge is 2.46. The molecule has 1 aliphatic rings. The van der Waals surface area contributed by atoms with Crippen molar-refractivity contribution in [1.82, 2.24) is 0 Å². The molecule has 10 nitrogen and oxygen atoms in total. The largest absolute Gasteiger partial charge is 0.508 e. The Bertz CT molecular complexity index is 1170. The van der Waals surface area contributed by atoms with Crippen molar-refractivity contribution in [1.29, 1.82) is 0 Å². The fourth-order valence-electron chi connectivity index (χ4n) is 3.70. The van der Waals surface area contributed by atoms with Crippen molar-refractivity contribution in [2.45, 2.75) is 30.5 Å². The summed E-state index contributed by atoms with van der Waals surface area (Å²) < 4.78 is 11.3. The van der Waals surface area contributed by atoms with Crippen molar-refractivity contribution >= 4 is 11.0 Å².